The molecule has 1 saturated heterocycles. The van der Waals surface area contributed by atoms with E-state index in [-0.39, 0.29) is 12.5 Å². The molecule has 1 N–H and O–H groups in total. The van der Waals surface area contributed by atoms with Crippen LogP contribution in [0, 0.1) is 0 Å². The summed E-state index contributed by atoms with van der Waals surface area (Å²) in [5.41, 5.74) is 3.24. The summed E-state index contributed by atoms with van der Waals surface area (Å²) in [4.78, 5) is 1.85. The van der Waals surface area contributed by atoms with Crippen LogP contribution in [0.3, 0.4) is 0 Å². The first kappa shape index (κ1) is 28.7. The molecule has 12 heteroatoms. The molecule has 1 aliphatic heterocycles. The van der Waals surface area contributed by atoms with E-state index in [0.29, 0.717) is 24.6 Å². The third kappa shape index (κ3) is 6.72. The zero-order valence-electron chi connectivity index (χ0n) is 22.2. The van der Waals surface area contributed by atoms with Gasteiger partial charge >= 0.3 is 6.18 Å². The number of alkyl halides is 4. The third-order valence-corrected chi connectivity index (χ3v) is 9.22. The molecule has 0 radical (unpaired) electrons. The fraction of sp³-hybridized carbons (Fsp3) is 0.500. The highest BCUT2D eigenvalue weighted by molar-refractivity contribution is 7.89. The Morgan fingerprint density at radius 3 is 2.62 bits per heavy atom. The van der Waals surface area contributed by atoms with Crippen molar-refractivity contribution < 1.29 is 26.0 Å². The highest BCUT2D eigenvalue weighted by Gasteiger charge is 2.32. The average molecular weight is 580 g/mol. The number of sulfonamides is 1. The lowest BCUT2D eigenvalue weighted by Gasteiger charge is -2.30. The van der Waals surface area contributed by atoms with Crippen molar-refractivity contribution >= 4 is 10.0 Å². The Morgan fingerprint density at radius 1 is 1.10 bits per heavy atom. The van der Waals surface area contributed by atoms with E-state index in [9.17, 15) is 26.0 Å². The lowest BCUT2D eigenvalue weighted by molar-refractivity contribution is -0.137. The standard InChI is InChI=1S/C28H33F4N5O2S/c1-19(34-40(38,39)25-6-3-5-22(16-25)28(30,31)32)14-24-18-37(35-33-24)27-7-2-4-21-15-20(8-9-26(21)27)17-36-12-10-23(29)11-13-36/h3,5-6,8-9,15-16,18-19,23,27,34H,2,4,7,10-14,17H2,1H3/t19-,27+/m0/s1. The fourth-order valence-electron chi connectivity index (χ4n) is 5.62. The first-order valence-corrected chi connectivity index (χ1v) is 15.0. The maximum absolute atomic E-state index is 13.5. The molecule has 2 heterocycles. The summed E-state index contributed by atoms with van der Waals surface area (Å²) in [6, 6.07) is 9.58. The monoisotopic (exact) mass is 579 g/mol. The molecule has 40 heavy (non-hydrogen) atoms. The van der Waals surface area contributed by atoms with Crippen molar-refractivity contribution in [1.82, 2.24) is 24.6 Å². The molecule has 0 bridgehead atoms. The second-order valence-corrected chi connectivity index (χ2v) is 12.5. The lowest BCUT2D eigenvalue weighted by atomic mass is 9.86. The van der Waals surface area contributed by atoms with E-state index in [1.165, 1.54) is 16.7 Å². The topological polar surface area (TPSA) is 80.1 Å². The maximum atomic E-state index is 13.5. The van der Waals surface area contributed by atoms with E-state index in [1.807, 2.05) is 10.9 Å². The summed E-state index contributed by atoms with van der Waals surface area (Å²) >= 11 is 0. The van der Waals surface area contributed by atoms with Gasteiger partial charge in [0.1, 0.15) is 6.17 Å². The summed E-state index contributed by atoms with van der Waals surface area (Å²) in [7, 11) is -4.16. The molecule has 2 aromatic carbocycles. The molecule has 1 aromatic heterocycles. The van der Waals surface area contributed by atoms with Crippen LogP contribution in [-0.4, -0.2) is 53.6 Å². The summed E-state index contributed by atoms with van der Waals surface area (Å²) in [5.74, 6) is 0. The molecule has 0 amide bonds. The summed E-state index contributed by atoms with van der Waals surface area (Å²) in [6.07, 6.45) is 0.764. The van der Waals surface area contributed by atoms with Gasteiger partial charge in [-0.15, -0.1) is 5.10 Å². The molecule has 2 atom stereocenters. The number of hydrogen-bond acceptors (Lipinski definition) is 5. The van der Waals surface area contributed by atoms with Crippen LogP contribution in [0.25, 0.3) is 0 Å². The SMILES string of the molecule is C[C@@H](Cc1cn([C@@H]2CCCc3cc(CN4CCC(F)CC4)ccc32)nn1)NS(=O)(=O)c1cccc(C(F)(F)F)c1. The Morgan fingerprint density at radius 2 is 1.88 bits per heavy atom. The number of rotatable bonds is 8. The molecule has 0 unspecified atom stereocenters. The van der Waals surface area contributed by atoms with Crippen LogP contribution >= 0.6 is 0 Å². The predicted octanol–water partition coefficient (Wildman–Crippen LogP) is 5.07. The van der Waals surface area contributed by atoms with E-state index in [0.717, 1.165) is 57.1 Å². The second-order valence-electron chi connectivity index (χ2n) is 10.8. The third-order valence-electron chi connectivity index (χ3n) is 7.63. The zero-order chi connectivity index (χ0) is 28.5. The number of piperidine rings is 1. The van der Waals surface area contributed by atoms with E-state index < -0.39 is 38.9 Å². The van der Waals surface area contributed by atoms with Crippen molar-refractivity contribution in [3.05, 3.63) is 76.6 Å². The Labute approximate surface area is 231 Å². The number of halogens is 4. The van der Waals surface area contributed by atoms with Crippen LogP contribution in [-0.2, 0) is 35.6 Å². The van der Waals surface area contributed by atoms with Gasteiger partial charge in [0, 0.05) is 38.3 Å². The number of aromatic nitrogens is 3. The molecule has 5 rings (SSSR count). The molecule has 0 saturated carbocycles. The molecule has 2 aliphatic rings. The van der Waals surface area contributed by atoms with Crippen LogP contribution in [0.15, 0.2) is 53.6 Å². The number of aryl methyl sites for hydroxylation is 1. The van der Waals surface area contributed by atoms with Gasteiger partial charge < -0.3 is 0 Å². The highest BCUT2D eigenvalue weighted by atomic mass is 32.2. The number of fused-ring (bicyclic) bond motifs is 1. The number of nitrogens with one attached hydrogen (secondary N) is 1. The van der Waals surface area contributed by atoms with Crippen LogP contribution in [0.4, 0.5) is 17.6 Å². The van der Waals surface area contributed by atoms with Gasteiger partial charge in [-0.1, -0.05) is 29.5 Å². The minimum absolute atomic E-state index is 0.0124. The van der Waals surface area contributed by atoms with Gasteiger partial charge in [-0.2, -0.15) is 13.2 Å². The number of benzene rings is 2. The van der Waals surface area contributed by atoms with Gasteiger partial charge in [-0.05, 0) is 73.9 Å². The molecule has 1 fully saturated rings. The first-order valence-electron chi connectivity index (χ1n) is 13.6. The molecule has 7 nitrogen and oxygen atoms in total. The van der Waals surface area contributed by atoms with Crippen LogP contribution < -0.4 is 4.72 Å². The fourth-order valence-corrected chi connectivity index (χ4v) is 6.91. The molecule has 3 aromatic rings. The number of hydrogen-bond donors (Lipinski definition) is 1. The molecule has 216 valence electrons. The number of likely N-dealkylation sites (tertiary alicyclic amines) is 1. The van der Waals surface area contributed by atoms with Crippen molar-refractivity contribution in [2.24, 2.45) is 0 Å². The van der Waals surface area contributed by atoms with E-state index in [4.69, 9.17) is 0 Å². The Balaban J connectivity index is 1.23. The van der Waals surface area contributed by atoms with Gasteiger partial charge in [-0.3, -0.25) is 4.90 Å². The van der Waals surface area contributed by atoms with Crippen LogP contribution in [0.5, 0.6) is 0 Å². The van der Waals surface area contributed by atoms with E-state index >= 15 is 0 Å². The van der Waals surface area contributed by atoms with E-state index in [2.05, 4.69) is 38.1 Å². The predicted molar refractivity (Wildman–Crippen MR) is 142 cm³/mol. The Bertz CT molecular complexity index is 1430. The van der Waals surface area contributed by atoms with Gasteiger partial charge in [0.25, 0.3) is 0 Å². The zero-order valence-corrected chi connectivity index (χ0v) is 23.1. The average Bonchev–Trinajstić information content (AvgIpc) is 3.37. The Kier molecular flexibility index (Phi) is 8.30. The summed E-state index contributed by atoms with van der Waals surface area (Å²) in [6.45, 7) is 4.00. The van der Waals surface area contributed by atoms with Crippen LogP contribution in [0.2, 0.25) is 0 Å². The van der Waals surface area contributed by atoms with Crippen molar-refractivity contribution in [2.45, 2.75) is 81.3 Å². The van der Waals surface area contributed by atoms with Crippen molar-refractivity contribution in [2.75, 3.05) is 13.1 Å². The molecular weight excluding hydrogens is 546 g/mol. The summed E-state index contributed by atoms with van der Waals surface area (Å²) in [5, 5.41) is 8.58. The van der Waals surface area contributed by atoms with Crippen molar-refractivity contribution in [3.8, 4) is 0 Å². The van der Waals surface area contributed by atoms with Gasteiger partial charge in [0.05, 0.1) is 22.2 Å². The minimum Gasteiger partial charge on any atom is -0.299 e. The van der Waals surface area contributed by atoms with E-state index in [1.54, 1.807) is 6.92 Å². The first-order chi connectivity index (χ1) is 19.0. The Hall–Kier alpha value is -2.83. The van der Waals surface area contributed by atoms with Gasteiger partial charge in [0.15, 0.2) is 0 Å². The second kappa shape index (κ2) is 11.6. The smallest absolute Gasteiger partial charge is 0.299 e. The largest absolute Gasteiger partial charge is 0.416 e. The van der Waals surface area contributed by atoms with Crippen LogP contribution in [0.1, 0.15) is 66.6 Å². The quantitative estimate of drug-likeness (QED) is 0.377. The molecule has 1 aliphatic carbocycles. The van der Waals surface area contributed by atoms with Crippen molar-refractivity contribution in [1.29, 1.82) is 0 Å². The number of nitrogens with zero attached hydrogens (tertiary/aromatic N) is 4. The maximum Gasteiger partial charge on any atom is 0.416 e. The minimum atomic E-state index is -4.64. The van der Waals surface area contributed by atoms with Gasteiger partial charge in [-0.25, -0.2) is 22.2 Å². The normalized spacial score (nSPS) is 19.9. The highest BCUT2D eigenvalue weighted by Crippen LogP contribution is 2.34. The van der Waals surface area contributed by atoms with Crippen molar-refractivity contribution in [3.63, 3.8) is 0 Å². The molecular formula is C28H33F4N5O2S. The lowest BCUT2D eigenvalue weighted by Crippen LogP contribution is -2.34. The molecule has 0 spiro atoms. The summed E-state index contributed by atoms with van der Waals surface area (Å²) < 4.78 is 82.3. The van der Waals surface area contributed by atoms with Gasteiger partial charge in [0.2, 0.25) is 10.0 Å².